The van der Waals surface area contributed by atoms with Crippen LogP contribution in [0.2, 0.25) is 0 Å². The highest BCUT2D eigenvalue weighted by Crippen LogP contribution is 2.32. The second-order valence-electron chi connectivity index (χ2n) is 7.89. The van der Waals surface area contributed by atoms with Crippen molar-refractivity contribution in [2.75, 3.05) is 13.4 Å². The number of nitrogens with one attached hydrogen (secondary N) is 1. The number of carbonyl (C=O) groups is 1. The van der Waals surface area contributed by atoms with Gasteiger partial charge in [-0.05, 0) is 54.3 Å². The van der Waals surface area contributed by atoms with Gasteiger partial charge in [-0.1, -0.05) is 42.5 Å². The van der Waals surface area contributed by atoms with Crippen LogP contribution in [0.5, 0.6) is 23.0 Å². The average molecular weight is 456 g/mol. The molecule has 0 fully saturated rings. The molecule has 0 saturated heterocycles. The van der Waals surface area contributed by atoms with Gasteiger partial charge in [0.05, 0.1) is 6.61 Å². The minimum Gasteiger partial charge on any atom is -0.493 e. The molecule has 6 nitrogen and oxygen atoms in total. The fourth-order valence-corrected chi connectivity index (χ4v) is 3.94. The highest BCUT2D eigenvalue weighted by Gasteiger charge is 2.15. The molecule has 0 aromatic heterocycles. The molecule has 172 valence electrons. The van der Waals surface area contributed by atoms with Crippen LogP contribution in [0.1, 0.15) is 28.4 Å². The second-order valence-corrected chi connectivity index (χ2v) is 7.89. The van der Waals surface area contributed by atoms with Gasteiger partial charge in [-0.25, -0.2) is 0 Å². The first kappa shape index (κ1) is 21.6. The molecule has 0 unspecified atom stereocenters. The number of carbonyl (C=O) groups excluding carboxylic acids is 1. The summed E-state index contributed by atoms with van der Waals surface area (Å²) in [6.07, 6.45) is 0. The van der Waals surface area contributed by atoms with Crippen LogP contribution in [0.4, 0.5) is 0 Å². The van der Waals surface area contributed by atoms with Crippen LogP contribution in [-0.2, 0) is 13.2 Å². The summed E-state index contributed by atoms with van der Waals surface area (Å²) in [5.74, 6) is 2.73. The van der Waals surface area contributed by atoms with Gasteiger partial charge < -0.3 is 24.3 Å². The lowest BCUT2D eigenvalue weighted by Gasteiger charge is -2.14. The standard InChI is InChI=1S/C28H25NO5/c1-2-31-24-13-11-21(28(30)29-16-19-10-12-26-27(14-19)34-18-33-26)15-22(24)17-32-25-9-5-7-20-6-3-4-8-23(20)25/h3-15H,2,16-18H2,1H3,(H,29,30). The lowest BCUT2D eigenvalue weighted by atomic mass is 10.1. The number of fused-ring (bicyclic) bond motifs is 2. The quantitative estimate of drug-likeness (QED) is 0.381. The number of hydrogen-bond donors (Lipinski definition) is 1. The molecule has 0 spiro atoms. The number of ether oxygens (including phenoxy) is 4. The van der Waals surface area contributed by atoms with Crippen LogP contribution in [0.25, 0.3) is 10.8 Å². The zero-order valence-electron chi connectivity index (χ0n) is 18.9. The predicted octanol–water partition coefficient (Wildman–Crippen LogP) is 5.48. The first-order valence-corrected chi connectivity index (χ1v) is 11.2. The maximum atomic E-state index is 12.9. The molecule has 0 bridgehead atoms. The molecule has 0 radical (unpaired) electrons. The molecule has 1 heterocycles. The highest BCUT2D eigenvalue weighted by atomic mass is 16.7. The Labute approximate surface area is 198 Å². The summed E-state index contributed by atoms with van der Waals surface area (Å²) < 4.78 is 22.7. The fraction of sp³-hybridized carbons (Fsp3) is 0.179. The van der Waals surface area contributed by atoms with E-state index in [-0.39, 0.29) is 19.3 Å². The van der Waals surface area contributed by atoms with Crippen molar-refractivity contribution in [1.29, 1.82) is 0 Å². The predicted molar refractivity (Wildman–Crippen MR) is 130 cm³/mol. The van der Waals surface area contributed by atoms with E-state index >= 15 is 0 Å². The molecule has 0 aliphatic carbocycles. The molecule has 0 atom stereocenters. The largest absolute Gasteiger partial charge is 0.493 e. The van der Waals surface area contributed by atoms with Crippen LogP contribution >= 0.6 is 0 Å². The summed E-state index contributed by atoms with van der Waals surface area (Å²) in [5, 5.41) is 5.12. The lowest BCUT2D eigenvalue weighted by molar-refractivity contribution is 0.0950. The molecule has 1 aliphatic rings. The van der Waals surface area contributed by atoms with E-state index in [0.717, 1.165) is 33.4 Å². The first-order valence-electron chi connectivity index (χ1n) is 11.2. The second kappa shape index (κ2) is 9.75. The Morgan fingerprint density at radius 2 is 1.74 bits per heavy atom. The third-order valence-corrected chi connectivity index (χ3v) is 5.65. The van der Waals surface area contributed by atoms with Crippen LogP contribution in [-0.4, -0.2) is 19.3 Å². The van der Waals surface area contributed by atoms with Crippen molar-refractivity contribution in [3.8, 4) is 23.0 Å². The van der Waals surface area contributed by atoms with E-state index in [9.17, 15) is 4.79 Å². The summed E-state index contributed by atoms with van der Waals surface area (Å²) >= 11 is 0. The van der Waals surface area contributed by atoms with Crippen LogP contribution in [0, 0.1) is 0 Å². The zero-order chi connectivity index (χ0) is 23.3. The molecule has 0 saturated carbocycles. The molecule has 1 aliphatic heterocycles. The summed E-state index contributed by atoms with van der Waals surface area (Å²) in [6, 6.07) is 25.1. The van der Waals surface area contributed by atoms with Gasteiger partial charge in [0, 0.05) is 23.1 Å². The van der Waals surface area contributed by atoms with Crippen molar-refractivity contribution < 1.29 is 23.7 Å². The van der Waals surface area contributed by atoms with Gasteiger partial charge in [0.2, 0.25) is 6.79 Å². The maximum absolute atomic E-state index is 12.9. The highest BCUT2D eigenvalue weighted by molar-refractivity contribution is 5.94. The van der Waals surface area contributed by atoms with Gasteiger partial charge in [-0.2, -0.15) is 0 Å². The Hall–Kier alpha value is -4.19. The summed E-state index contributed by atoms with van der Waals surface area (Å²) in [4.78, 5) is 12.9. The van der Waals surface area contributed by atoms with E-state index in [2.05, 4.69) is 17.4 Å². The van der Waals surface area contributed by atoms with Gasteiger partial charge >= 0.3 is 0 Å². The van der Waals surface area contributed by atoms with E-state index in [1.165, 1.54) is 0 Å². The zero-order valence-corrected chi connectivity index (χ0v) is 18.9. The Morgan fingerprint density at radius 3 is 2.65 bits per heavy atom. The summed E-state index contributed by atoms with van der Waals surface area (Å²) in [7, 11) is 0. The molecule has 6 heteroatoms. The van der Waals surface area contributed by atoms with Crippen molar-refractivity contribution >= 4 is 16.7 Å². The van der Waals surface area contributed by atoms with Gasteiger partial charge in [0.15, 0.2) is 11.5 Å². The SMILES string of the molecule is CCOc1ccc(C(=O)NCc2ccc3c(c2)OCO3)cc1COc1cccc2ccccc12. The van der Waals surface area contributed by atoms with E-state index in [0.29, 0.717) is 30.2 Å². The van der Waals surface area contributed by atoms with Crippen molar-refractivity contribution in [2.45, 2.75) is 20.1 Å². The molecule has 4 aromatic carbocycles. The molecular formula is C28H25NO5. The van der Waals surface area contributed by atoms with E-state index in [1.54, 1.807) is 6.07 Å². The molecular weight excluding hydrogens is 430 g/mol. The third kappa shape index (κ3) is 4.62. The van der Waals surface area contributed by atoms with Gasteiger partial charge in [-0.15, -0.1) is 0 Å². The smallest absolute Gasteiger partial charge is 0.251 e. The van der Waals surface area contributed by atoms with Gasteiger partial charge in [-0.3, -0.25) is 4.79 Å². The molecule has 1 amide bonds. The van der Waals surface area contributed by atoms with Crippen molar-refractivity contribution in [2.24, 2.45) is 0 Å². The molecule has 4 aromatic rings. The normalized spacial score (nSPS) is 11.9. The number of benzene rings is 4. The van der Waals surface area contributed by atoms with Crippen LogP contribution < -0.4 is 24.3 Å². The molecule has 5 rings (SSSR count). The van der Waals surface area contributed by atoms with Crippen molar-refractivity contribution in [1.82, 2.24) is 5.32 Å². The Morgan fingerprint density at radius 1 is 0.882 bits per heavy atom. The maximum Gasteiger partial charge on any atom is 0.251 e. The average Bonchev–Trinajstić information content (AvgIpc) is 3.35. The third-order valence-electron chi connectivity index (χ3n) is 5.65. The Bertz CT molecular complexity index is 1330. The Balaban J connectivity index is 1.31. The fourth-order valence-electron chi connectivity index (χ4n) is 3.94. The van der Waals surface area contributed by atoms with Gasteiger partial charge in [0.1, 0.15) is 18.1 Å². The van der Waals surface area contributed by atoms with Crippen LogP contribution in [0.15, 0.2) is 78.9 Å². The number of hydrogen-bond acceptors (Lipinski definition) is 5. The van der Waals surface area contributed by atoms with Crippen molar-refractivity contribution in [3.05, 3.63) is 95.6 Å². The minimum absolute atomic E-state index is 0.174. The molecule has 1 N–H and O–H groups in total. The van der Waals surface area contributed by atoms with Crippen molar-refractivity contribution in [3.63, 3.8) is 0 Å². The first-order chi connectivity index (χ1) is 16.7. The topological polar surface area (TPSA) is 66.0 Å². The number of amides is 1. The minimum atomic E-state index is -0.174. The lowest BCUT2D eigenvalue weighted by Crippen LogP contribution is -2.23. The summed E-state index contributed by atoms with van der Waals surface area (Å²) in [5.41, 5.74) is 2.29. The summed E-state index contributed by atoms with van der Waals surface area (Å²) in [6.45, 7) is 3.34. The monoisotopic (exact) mass is 455 g/mol. The van der Waals surface area contributed by atoms with E-state index in [4.69, 9.17) is 18.9 Å². The Kier molecular flexibility index (Phi) is 6.21. The van der Waals surface area contributed by atoms with Gasteiger partial charge in [0.25, 0.3) is 5.91 Å². The van der Waals surface area contributed by atoms with Crippen LogP contribution in [0.3, 0.4) is 0 Å². The van der Waals surface area contributed by atoms with E-state index in [1.807, 2.05) is 67.6 Å². The number of rotatable bonds is 8. The molecule has 34 heavy (non-hydrogen) atoms. The van der Waals surface area contributed by atoms with E-state index < -0.39 is 0 Å².